The van der Waals surface area contributed by atoms with Crippen molar-refractivity contribution in [2.24, 2.45) is 17.3 Å². The van der Waals surface area contributed by atoms with Gasteiger partial charge in [-0.2, -0.15) is 0 Å². The summed E-state index contributed by atoms with van der Waals surface area (Å²) in [7, 11) is 0. The van der Waals surface area contributed by atoms with E-state index >= 15 is 0 Å². The molecule has 0 saturated heterocycles. The molecule has 0 aromatic carbocycles. The maximum atomic E-state index is 13.6. The van der Waals surface area contributed by atoms with Gasteiger partial charge in [-0.25, -0.2) is 4.39 Å². The Morgan fingerprint density at radius 2 is 2.08 bits per heavy atom. The first kappa shape index (κ1) is 11.0. The predicted octanol–water partition coefficient (Wildman–Crippen LogP) is 4.20. The van der Waals surface area contributed by atoms with Crippen LogP contribution in [-0.2, 0) is 0 Å². The molecule has 0 aromatic rings. The van der Waals surface area contributed by atoms with Crippen LogP contribution in [0.1, 0.15) is 53.4 Å². The number of alkyl halides is 1. The summed E-state index contributed by atoms with van der Waals surface area (Å²) in [4.78, 5) is 0. The molecule has 0 aliphatic heterocycles. The lowest BCUT2D eigenvalue weighted by Crippen LogP contribution is -2.40. The number of rotatable bonds is 4. The van der Waals surface area contributed by atoms with Crippen molar-refractivity contribution in [2.75, 3.05) is 0 Å². The van der Waals surface area contributed by atoms with E-state index in [1.807, 2.05) is 13.8 Å². The lowest BCUT2D eigenvalue weighted by atomic mass is 9.57. The first-order valence-electron chi connectivity index (χ1n) is 5.66. The van der Waals surface area contributed by atoms with Gasteiger partial charge in [-0.05, 0) is 36.5 Å². The van der Waals surface area contributed by atoms with Crippen LogP contribution >= 0.6 is 0 Å². The van der Waals surface area contributed by atoms with Crippen LogP contribution in [0.25, 0.3) is 0 Å². The van der Waals surface area contributed by atoms with Crippen molar-refractivity contribution in [3.63, 3.8) is 0 Å². The summed E-state index contributed by atoms with van der Waals surface area (Å²) in [5.41, 5.74) is 0.351. The highest BCUT2D eigenvalue weighted by Gasteiger charge is 2.43. The fourth-order valence-corrected chi connectivity index (χ4v) is 2.44. The first-order valence-corrected chi connectivity index (χ1v) is 5.66. The molecule has 0 N–H and O–H groups in total. The molecule has 78 valence electrons. The lowest BCUT2D eigenvalue weighted by molar-refractivity contribution is -0.00466. The molecule has 1 fully saturated rings. The third-order valence-electron chi connectivity index (χ3n) is 4.15. The average Bonchev–Trinajstić information content (AvgIpc) is 2.10. The van der Waals surface area contributed by atoms with E-state index in [-0.39, 0.29) is 5.92 Å². The van der Waals surface area contributed by atoms with Gasteiger partial charge in [-0.1, -0.05) is 34.1 Å². The van der Waals surface area contributed by atoms with Crippen molar-refractivity contribution < 1.29 is 4.39 Å². The Bertz CT molecular complexity index is 161. The summed E-state index contributed by atoms with van der Waals surface area (Å²) in [6, 6.07) is 0. The molecule has 1 heteroatoms. The van der Waals surface area contributed by atoms with Crippen LogP contribution in [-0.4, -0.2) is 6.17 Å². The second-order valence-corrected chi connectivity index (χ2v) is 5.12. The standard InChI is InChI=1S/C12H23F/c1-5-12(7-6-10(12)4)8-11(13)9(2)3/h9-11H,5-8H2,1-4H3/t10?,11-,12+/m1/s1. The largest absolute Gasteiger partial charge is 0.247 e. The molecule has 0 amide bonds. The van der Waals surface area contributed by atoms with Gasteiger partial charge >= 0.3 is 0 Å². The number of halogens is 1. The molecule has 1 saturated carbocycles. The van der Waals surface area contributed by atoms with Gasteiger partial charge in [0.25, 0.3) is 0 Å². The van der Waals surface area contributed by atoms with E-state index < -0.39 is 6.17 Å². The lowest BCUT2D eigenvalue weighted by Gasteiger charge is -2.49. The maximum Gasteiger partial charge on any atom is 0.103 e. The molecule has 1 unspecified atom stereocenters. The Kier molecular flexibility index (Phi) is 3.37. The van der Waals surface area contributed by atoms with E-state index in [9.17, 15) is 4.39 Å². The molecular weight excluding hydrogens is 163 g/mol. The monoisotopic (exact) mass is 186 g/mol. The van der Waals surface area contributed by atoms with Gasteiger partial charge in [-0.3, -0.25) is 0 Å². The van der Waals surface area contributed by atoms with Crippen molar-refractivity contribution in [1.82, 2.24) is 0 Å². The third-order valence-corrected chi connectivity index (χ3v) is 4.15. The molecule has 0 bridgehead atoms. The Balaban J connectivity index is 2.49. The zero-order chi connectivity index (χ0) is 10.1. The summed E-state index contributed by atoms with van der Waals surface area (Å²) >= 11 is 0. The highest BCUT2D eigenvalue weighted by Crippen LogP contribution is 2.53. The highest BCUT2D eigenvalue weighted by atomic mass is 19.1. The molecule has 3 atom stereocenters. The fourth-order valence-electron chi connectivity index (χ4n) is 2.44. The third kappa shape index (κ3) is 2.05. The van der Waals surface area contributed by atoms with Gasteiger partial charge in [0.2, 0.25) is 0 Å². The van der Waals surface area contributed by atoms with Crippen LogP contribution in [0, 0.1) is 17.3 Å². The SMILES string of the molecule is CC[C@@]1(C[C@@H](F)C(C)C)CCC1C. The van der Waals surface area contributed by atoms with Crippen LogP contribution in [0.3, 0.4) is 0 Å². The fraction of sp³-hybridized carbons (Fsp3) is 1.00. The van der Waals surface area contributed by atoms with Gasteiger partial charge in [-0.15, -0.1) is 0 Å². The van der Waals surface area contributed by atoms with E-state index in [1.165, 1.54) is 12.8 Å². The zero-order valence-electron chi connectivity index (χ0n) is 9.44. The van der Waals surface area contributed by atoms with E-state index in [0.717, 1.165) is 18.8 Å². The minimum atomic E-state index is -0.595. The average molecular weight is 186 g/mol. The molecule has 1 aliphatic carbocycles. The normalized spacial score (nSPS) is 36.0. The Hall–Kier alpha value is -0.0700. The Labute approximate surface area is 81.9 Å². The van der Waals surface area contributed by atoms with Crippen LogP contribution in [0.5, 0.6) is 0 Å². The number of hydrogen-bond donors (Lipinski definition) is 0. The molecule has 13 heavy (non-hydrogen) atoms. The van der Waals surface area contributed by atoms with Crippen LogP contribution in [0.2, 0.25) is 0 Å². The first-order chi connectivity index (χ1) is 6.02. The molecule has 1 aliphatic rings. The van der Waals surface area contributed by atoms with Crippen LogP contribution in [0.4, 0.5) is 4.39 Å². The highest BCUT2D eigenvalue weighted by molar-refractivity contribution is 4.94. The van der Waals surface area contributed by atoms with Crippen molar-refractivity contribution in [2.45, 2.75) is 59.5 Å². The van der Waals surface area contributed by atoms with E-state index in [0.29, 0.717) is 5.41 Å². The molecule has 0 spiro atoms. The molecule has 0 heterocycles. The van der Waals surface area contributed by atoms with E-state index in [2.05, 4.69) is 13.8 Å². The number of hydrogen-bond acceptors (Lipinski definition) is 0. The van der Waals surface area contributed by atoms with Gasteiger partial charge in [0.15, 0.2) is 0 Å². The van der Waals surface area contributed by atoms with Gasteiger partial charge in [0, 0.05) is 0 Å². The molecule has 0 radical (unpaired) electrons. The zero-order valence-corrected chi connectivity index (χ0v) is 9.44. The molecular formula is C12H23F. The second kappa shape index (κ2) is 3.98. The molecule has 0 aromatic heterocycles. The minimum Gasteiger partial charge on any atom is -0.247 e. The molecule has 1 rings (SSSR count). The van der Waals surface area contributed by atoms with E-state index in [4.69, 9.17) is 0 Å². The maximum absolute atomic E-state index is 13.6. The summed E-state index contributed by atoms with van der Waals surface area (Å²) in [5.74, 6) is 0.936. The Morgan fingerprint density at radius 3 is 2.31 bits per heavy atom. The summed E-state index contributed by atoms with van der Waals surface area (Å²) < 4.78 is 13.6. The summed E-state index contributed by atoms with van der Waals surface area (Å²) in [6.45, 7) is 8.46. The van der Waals surface area contributed by atoms with Crippen molar-refractivity contribution in [3.8, 4) is 0 Å². The Morgan fingerprint density at radius 1 is 1.46 bits per heavy atom. The van der Waals surface area contributed by atoms with Crippen LogP contribution < -0.4 is 0 Å². The predicted molar refractivity (Wildman–Crippen MR) is 55.5 cm³/mol. The van der Waals surface area contributed by atoms with Gasteiger partial charge in [0.05, 0.1) is 0 Å². The smallest absolute Gasteiger partial charge is 0.103 e. The summed E-state index contributed by atoms with van der Waals surface area (Å²) in [5, 5.41) is 0. The minimum absolute atomic E-state index is 0.191. The van der Waals surface area contributed by atoms with Gasteiger partial charge < -0.3 is 0 Å². The van der Waals surface area contributed by atoms with Crippen molar-refractivity contribution in [3.05, 3.63) is 0 Å². The van der Waals surface area contributed by atoms with E-state index in [1.54, 1.807) is 0 Å². The molecule has 0 nitrogen and oxygen atoms in total. The van der Waals surface area contributed by atoms with Crippen molar-refractivity contribution in [1.29, 1.82) is 0 Å². The van der Waals surface area contributed by atoms with Crippen molar-refractivity contribution >= 4 is 0 Å². The van der Waals surface area contributed by atoms with Crippen LogP contribution in [0.15, 0.2) is 0 Å². The van der Waals surface area contributed by atoms with Gasteiger partial charge in [0.1, 0.15) is 6.17 Å². The topological polar surface area (TPSA) is 0 Å². The quantitative estimate of drug-likeness (QED) is 0.617. The summed E-state index contributed by atoms with van der Waals surface area (Å²) in [6.07, 6.45) is 3.91. The second-order valence-electron chi connectivity index (χ2n) is 5.12.